The molecule has 0 spiro atoms. The molecule has 1 heterocycles. The molecule has 6 heteroatoms. The van der Waals surface area contributed by atoms with Gasteiger partial charge in [0, 0.05) is 5.39 Å². The van der Waals surface area contributed by atoms with Gasteiger partial charge in [0.05, 0.1) is 17.9 Å². The second-order valence-corrected chi connectivity index (χ2v) is 6.59. The number of rotatable bonds is 6. The molecule has 0 aliphatic heterocycles. The van der Waals surface area contributed by atoms with Gasteiger partial charge in [-0.15, -0.1) is 0 Å². The van der Waals surface area contributed by atoms with Gasteiger partial charge in [0.25, 0.3) is 0 Å². The Labute approximate surface area is 146 Å². The average molecular weight is 346 g/mol. The van der Waals surface area contributed by atoms with Gasteiger partial charge in [-0.3, -0.25) is 9.59 Å². The van der Waals surface area contributed by atoms with Crippen LogP contribution in [0.3, 0.4) is 0 Å². The number of hydrogen-bond donors (Lipinski definition) is 1. The van der Waals surface area contributed by atoms with Crippen LogP contribution in [-0.2, 0) is 14.3 Å². The lowest BCUT2D eigenvalue weighted by Gasteiger charge is -2.10. The molecular formula is C18H22N2O3S. The van der Waals surface area contributed by atoms with Gasteiger partial charge in [-0.1, -0.05) is 17.8 Å². The fraction of sp³-hybridized carbons (Fsp3) is 0.389. The van der Waals surface area contributed by atoms with Gasteiger partial charge >= 0.3 is 5.97 Å². The molecule has 0 aliphatic rings. The number of aryl methyl sites for hydroxylation is 3. The van der Waals surface area contributed by atoms with Crippen LogP contribution in [0, 0.1) is 20.8 Å². The standard InChI is InChI=1S/C18H22N2O3S/c1-5-23-17(22)9-19-16(21)10-24-18-13(4)8-14-12(3)6-11(2)7-15(14)20-18/h6-8H,5,9-10H2,1-4H3,(H,19,21). The van der Waals surface area contributed by atoms with E-state index >= 15 is 0 Å². The van der Waals surface area contributed by atoms with Crippen molar-refractivity contribution >= 4 is 34.5 Å². The number of thioether (sulfide) groups is 1. The largest absolute Gasteiger partial charge is 0.465 e. The van der Waals surface area contributed by atoms with Crippen LogP contribution in [0.5, 0.6) is 0 Å². The zero-order valence-corrected chi connectivity index (χ0v) is 15.3. The molecule has 24 heavy (non-hydrogen) atoms. The lowest BCUT2D eigenvalue weighted by atomic mass is 10.1. The van der Waals surface area contributed by atoms with E-state index in [1.807, 2.05) is 19.9 Å². The van der Waals surface area contributed by atoms with Gasteiger partial charge in [-0.25, -0.2) is 4.98 Å². The van der Waals surface area contributed by atoms with Crippen LogP contribution in [0.2, 0.25) is 0 Å². The number of carbonyl (C=O) groups excluding carboxylic acids is 2. The summed E-state index contributed by atoms with van der Waals surface area (Å²) in [5.41, 5.74) is 4.34. The highest BCUT2D eigenvalue weighted by Gasteiger charge is 2.10. The molecule has 0 bridgehead atoms. The topological polar surface area (TPSA) is 68.3 Å². The number of benzene rings is 1. The van der Waals surface area contributed by atoms with Crippen LogP contribution in [0.25, 0.3) is 10.9 Å². The zero-order valence-electron chi connectivity index (χ0n) is 14.4. The molecule has 1 amide bonds. The maximum Gasteiger partial charge on any atom is 0.325 e. The molecule has 0 unspecified atom stereocenters. The maximum atomic E-state index is 11.8. The summed E-state index contributed by atoms with van der Waals surface area (Å²) in [5.74, 6) is -0.430. The number of ether oxygens (including phenoxy) is 1. The van der Waals surface area contributed by atoms with E-state index in [1.54, 1.807) is 6.92 Å². The molecule has 0 aliphatic carbocycles. The van der Waals surface area contributed by atoms with Gasteiger partial charge in [0.1, 0.15) is 11.6 Å². The summed E-state index contributed by atoms with van der Waals surface area (Å²) in [6.07, 6.45) is 0. The van der Waals surface area contributed by atoms with Gasteiger partial charge in [-0.2, -0.15) is 0 Å². The fourth-order valence-corrected chi connectivity index (χ4v) is 3.25. The number of nitrogens with one attached hydrogen (secondary N) is 1. The number of carbonyl (C=O) groups is 2. The van der Waals surface area contributed by atoms with Crippen LogP contribution < -0.4 is 5.32 Å². The molecule has 2 rings (SSSR count). The molecule has 0 fully saturated rings. The lowest BCUT2D eigenvalue weighted by molar-refractivity contribution is -0.143. The molecule has 5 nitrogen and oxygen atoms in total. The molecule has 2 aromatic rings. The molecule has 0 saturated carbocycles. The van der Waals surface area contributed by atoms with Crippen LogP contribution >= 0.6 is 11.8 Å². The third-order valence-electron chi connectivity index (χ3n) is 3.50. The van der Waals surface area contributed by atoms with E-state index in [2.05, 4.69) is 29.4 Å². The third-order valence-corrected chi connectivity index (χ3v) is 4.60. The van der Waals surface area contributed by atoms with Crippen molar-refractivity contribution in [3.63, 3.8) is 0 Å². The predicted octanol–water partition coefficient (Wildman–Crippen LogP) is 2.93. The normalized spacial score (nSPS) is 10.7. The minimum Gasteiger partial charge on any atom is -0.465 e. The van der Waals surface area contributed by atoms with E-state index in [4.69, 9.17) is 4.74 Å². The number of amides is 1. The van der Waals surface area contributed by atoms with Crippen molar-refractivity contribution in [2.24, 2.45) is 0 Å². The number of nitrogens with zero attached hydrogens (tertiary/aromatic N) is 1. The highest BCUT2D eigenvalue weighted by Crippen LogP contribution is 2.26. The molecule has 1 N–H and O–H groups in total. The molecular weight excluding hydrogens is 324 g/mol. The van der Waals surface area contributed by atoms with Crippen molar-refractivity contribution in [3.8, 4) is 0 Å². The molecule has 0 atom stereocenters. The Balaban J connectivity index is 2.03. The first-order chi connectivity index (χ1) is 11.4. The minimum atomic E-state index is -0.429. The van der Waals surface area contributed by atoms with Crippen molar-refractivity contribution in [2.75, 3.05) is 18.9 Å². The SMILES string of the molecule is CCOC(=O)CNC(=O)CSc1nc2cc(C)cc(C)c2cc1C. The maximum absolute atomic E-state index is 11.8. The lowest BCUT2D eigenvalue weighted by Crippen LogP contribution is -2.31. The zero-order chi connectivity index (χ0) is 17.7. The summed E-state index contributed by atoms with van der Waals surface area (Å²) in [6.45, 7) is 8.05. The molecule has 128 valence electrons. The van der Waals surface area contributed by atoms with E-state index < -0.39 is 5.97 Å². The minimum absolute atomic E-state index is 0.101. The Morgan fingerprint density at radius 1 is 1.17 bits per heavy atom. The van der Waals surface area contributed by atoms with Crippen molar-refractivity contribution < 1.29 is 14.3 Å². The Hall–Kier alpha value is -2.08. The van der Waals surface area contributed by atoms with Gasteiger partial charge < -0.3 is 10.1 Å². The van der Waals surface area contributed by atoms with Crippen LogP contribution in [0.15, 0.2) is 23.2 Å². The third kappa shape index (κ3) is 4.71. The number of fused-ring (bicyclic) bond motifs is 1. The Morgan fingerprint density at radius 2 is 1.92 bits per heavy atom. The summed E-state index contributed by atoms with van der Waals surface area (Å²) in [7, 11) is 0. The number of aromatic nitrogens is 1. The fourth-order valence-electron chi connectivity index (χ4n) is 2.43. The molecule has 0 radical (unpaired) electrons. The van der Waals surface area contributed by atoms with Gasteiger partial charge in [0.2, 0.25) is 5.91 Å². The highest BCUT2D eigenvalue weighted by molar-refractivity contribution is 7.99. The number of hydrogen-bond acceptors (Lipinski definition) is 5. The Kier molecular flexibility index (Phi) is 6.20. The van der Waals surface area contributed by atoms with Crippen LogP contribution in [0.4, 0.5) is 0 Å². The van der Waals surface area contributed by atoms with E-state index in [9.17, 15) is 9.59 Å². The summed E-state index contributed by atoms with van der Waals surface area (Å²) < 4.78 is 4.77. The van der Waals surface area contributed by atoms with E-state index in [-0.39, 0.29) is 18.2 Å². The monoisotopic (exact) mass is 346 g/mol. The highest BCUT2D eigenvalue weighted by atomic mass is 32.2. The predicted molar refractivity (Wildman–Crippen MR) is 96.3 cm³/mol. The van der Waals surface area contributed by atoms with Crippen LogP contribution in [0.1, 0.15) is 23.6 Å². The van der Waals surface area contributed by atoms with Gasteiger partial charge in [0.15, 0.2) is 0 Å². The van der Waals surface area contributed by atoms with Gasteiger partial charge in [-0.05, 0) is 56.5 Å². The molecule has 1 aromatic heterocycles. The quantitative estimate of drug-likeness (QED) is 0.643. The van der Waals surface area contributed by atoms with E-state index in [1.165, 1.54) is 22.9 Å². The second-order valence-electron chi connectivity index (χ2n) is 5.63. The second kappa shape index (κ2) is 8.15. The van der Waals surface area contributed by atoms with Crippen LogP contribution in [-0.4, -0.2) is 35.8 Å². The number of esters is 1. The first-order valence-corrected chi connectivity index (χ1v) is 8.83. The average Bonchev–Trinajstić information content (AvgIpc) is 2.52. The van der Waals surface area contributed by atoms with E-state index in [0.717, 1.165) is 21.5 Å². The molecule has 1 aromatic carbocycles. The summed E-state index contributed by atoms with van der Waals surface area (Å²) in [5, 5.41) is 4.52. The Bertz CT molecular complexity index is 774. The van der Waals surface area contributed by atoms with Crippen molar-refractivity contribution in [3.05, 3.63) is 34.9 Å². The first kappa shape index (κ1) is 18.3. The van der Waals surface area contributed by atoms with E-state index in [0.29, 0.717) is 6.61 Å². The smallest absolute Gasteiger partial charge is 0.325 e. The molecule has 0 saturated heterocycles. The first-order valence-electron chi connectivity index (χ1n) is 7.84. The Morgan fingerprint density at radius 3 is 2.62 bits per heavy atom. The summed E-state index contributed by atoms with van der Waals surface area (Å²) in [6, 6.07) is 6.29. The summed E-state index contributed by atoms with van der Waals surface area (Å²) in [4.78, 5) is 27.8. The van der Waals surface area contributed by atoms with Crippen molar-refractivity contribution in [2.45, 2.75) is 32.7 Å². The van der Waals surface area contributed by atoms with Crippen molar-refractivity contribution in [1.29, 1.82) is 0 Å². The summed E-state index contributed by atoms with van der Waals surface area (Å²) >= 11 is 1.37. The number of pyridine rings is 1. The van der Waals surface area contributed by atoms with Crippen molar-refractivity contribution in [1.82, 2.24) is 10.3 Å².